The summed E-state index contributed by atoms with van der Waals surface area (Å²) < 4.78 is 5.54. The molecular formula is C12H26O3. The molecule has 92 valence electrons. The summed E-state index contributed by atoms with van der Waals surface area (Å²) in [5, 5.41) is 18.8. The SMILES string of the molecule is CCC(COCC(CC)C(C)O)C(C)O. The predicted molar refractivity (Wildman–Crippen MR) is 61.7 cm³/mol. The van der Waals surface area contributed by atoms with Crippen LogP contribution in [0.5, 0.6) is 0 Å². The molecule has 15 heavy (non-hydrogen) atoms. The van der Waals surface area contributed by atoms with Gasteiger partial charge in [0, 0.05) is 11.8 Å². The Morgan fingerprint density at radius 1 is 0.867 bits per heavy atom. The van der Waals surface area contributed by atoms with Crippen LogP contribution in [-0.2, 0) is 4.74 Å². The van der Waals surface area contributed by atoms with Crippen LogP contribution in [0.3, 0.4) is 0 Å². The molecule has 0 aromatic rings. The zero-order valence-corrected chi connectivity index (χ0v) is 10.4. The van der Waals surface area contributed by atoms with Crippen molar-refractivity contribution in [3.8, 4) is 0 Å². The lowest BCUT2D eigenvalue weighted by Crippen LogP contribution is -2.26. The van der Waals surface area contributed by atoms with Crippen molar-refractivity contribution >= 4 is 0 Å². The summed E-state index contributed by atoms with van der Waals surface area (Å²) in [5.74, 6) is 0.410. The first kappa shape index (κ1) is 14.9. The van der Waals surface area contributed by atoms with Crippen molar-refractivity contribution in [2.75, 3.05) is 13.2 Å². The number of ether oxygens (including phenoxy) is 1. The third-order valence-electron chi connectivity index (χ3n) is 3.08. The summed E-state index contributed by atoms with van der Waals surface area (Å²) in [5.41, 5.74) is 0. The van der Waals surface area contributed by atoms with E-state index < -0.39 is 0 Å². The van der Waals surface area contributed by atoms with Crippen LogP contribution in [0.4, 0.5) is 0 Å². The highest BCUT2D eigenvalue weighted by Gasteiger charge is 2.16. The van der Waals surface area contributed by atoms with Crippen LogP contribution in [0.15, 0.2) is 0 Å². The summed E-state index contributed by atoms with van der Waals surface area (Å²) in [7, 11) is 0. The molecule has 0 rings (SSSR count). The van der Waals surface area contributed by atoms with E-state index in [1.54, 1.807) is 13.8 Å². The number of hydrogen-bond donors (Lipinski definition) is 2. The Balaban J connectivity index is 3.75. The van der Waals surface area contributed by atoms with E-state index in [0.29, 0.717) is 13.2 Å². The Kier molecular flexibility index (Phi) is 8.02. The average Bonchev–Trinajstić information content (AvgIpc) is 2.17. The molecule has 0 aliphatic heterocycles. The summed E-state index contributed by atoms with van der Waals surface area (Å²) in [6.07, 6.45) is 1.20. The molecule has 4 atom stereocenters. The minimum atomic E-state index is -0.318. The Hall–Kier alpha value is -0.120. The van der Waals surface area contributed by atoms with Crippen molar-refractivity contribution in [3.63, 3.8) is 0 Å². The number of rotatable bonds is 8. The van der Waals surface area contributed by atoms with Crippen LogP contribution in [0, 0.1) is 11.8 Å². The summed E-state index contributed by atoms with van der Waals surface area (Å²) in [4.78, 5) is 0. The highest BCUT2D eigenvalue weighted by atomic mass is 16.5. The zero-order valence-electron chi connectivity index (χ0n) is 10.4. The Morgan fingerprint density at radius 3 is 1.40 bits per heavy atom. The maximum absolute atomic E-state index is 9.41. The molecule has 0 radical (unpaired) electrons. The topological polar surface area (TPSA) is 49.7 Å². The molecule has 0 saturated heterocycles. The molecule has 3 nitrogen and oxygen atoms in total. The molecule has 4 unspecified atom stereocenters. The normalized spacial score (nSPS) is 19.6. The standard InChI is InChI=1S/C12H26O3/c1-5-11(9(3)13)7-15-8-12(6-2)10(4)14/h9-14H,5-8H2,1-4H3. The summed E-state index contributed by atoms with van der Waals surface area (Å²) >= 11 is 0. The molecule has 0 spiro atoms. The monoisotopic (exact) mass is 218 g/mol. The molecule has 0 aliphatic rings. The van der Waals surface area contributed by atoms with E-state index in [1.165, 1.54) is 0 Å². The minimum Gasteiger partial charge on any atom is -0.393 e. The lowest BCUT2D eigenvalue weighted by molar-refractivity contribution is -0.00433. The van der Waals surface area contributed by atoms with Gasteiger partial charge in [-0.25, -0.2) is 0 Å². The van der Waals surface area contributed by atoms with Gasteiger partial charge in [0.2, 0.25) is 0 Å². The second-order valence-electron chi connectivity index (χ2n) is 4.36. The van der Waals surface area contributed by atoms with Crippen molar-refractivity contribution in [1.29, 1.82) is 0 Å². The van der Waals surface area contributed by atoms with Gasteiger partial charge < -0.3 is 14.9 Å². The van der Waals surface area contributed by atoms with E-state index >= 15 is 0 Å². The van der Waals surface area contributed by atoms with Gasteiger partial charge in [0.1, 0.15) is 0 Å². The molecule has 0 bridgehead atoms. The quantitative estimate of drug-likeness (QED) is 0.653. The fourth-order valence-electron chi connectivity index (χ4n) is 1.57. The number of hydrogen-bond acceptors (Lipinski definition) is 3. The molecule has 3 heteroatoms. The molecule has 0 heterocycles. The van der Waals surface area contributed by atoms with Gasteiger partial charge in [-0.1, -0.05) is 13.8 Å². The first-order valence-electron chi connectivity index (χ1n) is 5.96. The van der Waals surface area contributed by atoms with Gasteiger partial charge in [0.25, 0.3) is 0 Å². The molecule has 0 aromatic heterocycles. The van der Waals surface area contributed by atoms with Gasteiger partial charge in [-0.15, -0.1) is 0 Å². The van der Waals surface area contributed by atoms with E-state index in [2.05, 4.69) is 0 Å². The van der Waals surface area contributed by atoms with Crippen LogP contribution >= 0.6 is 0 Å². The van der Waals surface area contributed by atoms with E-state index in [0.717, 1.165) is 12.8 Å². The van der Waals surface area contributed by atoms with Crippen molar-refractivity contribution in [3.05, 3.63) is 0 Å². The van der Waals surface area contributed by atoms with Crippen LogP contribution in [-0.4, -0.2) is 35.6 Å². The lowest BCUT2D eigenvalue weighted by Gasteiger charge is -2.22. The fraction of sp³-hybridized carbons (Fsp3) is 1.00. The molecule has 0 amide bonds. The fourth-order valence-corrected chi connectivity index (χ4v) is 1.57. The van der Waals surface area contributed by atoms with E-state index in [9.17, 15) is 10.2 Å². The van der Waals surface area contributed by atoms with Crippen LogP contribution in [0.2, 0.25) is 0 Å². The molecule has 0 aromatic carbocycles. The zero-order chi connectivity index (χ0) is 11.8. The Bertz CT molecular complexity index is 130. The highest BCUT2D eigenvalue weighted by molar-refractivity contribution is 4.65. The van der Waals surface area contributed by atoms with Crippen molar-refractivity contribution < 1.29 is 14.9 Å². The Morgan fingerprint density at radius 2 is 1.20 bits per heavy atom. The summed E-state index contributed by atoms with van der Waals surface area (Å²) in [6, 6.07) is 0. The molecule has 0 saturated carbocycles. The van der Waals surface area contributed by atoms with E-state index in [1.807, 2.05) is 13.8 Å². The predicted octanol–water partition coefficient (Wildman–Crippen LogP) is 1.82. The van der Waals surface area contributed by atoms with E-state index in [4.69, 9.17) is 4.74 Å². The second-order valence-corrected chi connectivity index (χ2v) is 4.36. The van der Waals surface area contributed by atoms with Crippen LogP contribution in [0.25, 0.3) is 0 Å². The molecule has 0 aliphatic carbocycles. The van der Waals surface area contributed by atoms with Gasteiger partial charge in [-0.2, -0.15) is 0 Å². The minimum absolute atomic E-state index is 0.205. The third-order valence-corrected chi connectivity index (χ3v) is 3.08. The van der Waals surface area contributed by atoms with Gasteiger partial charge in [-0.3, -0.25) is 0 Å². The van der Waals surface area contributed by atoms with Crippen LogP contribution in [0.1, 0.15) is 40.5 Å². The Labute approximate surface area is 93.5 Å². The third kappa shape index (κ3) is 6.13. The van der Waals surface area contributed by atoms with E-state index in [-0.39, 0.29) is 24.0 Å². The summed E-state index contributed by atoms with van der Waals surface area (Å²) in [6.45, 7) is 8.85. The molecular weight excluding hydrogens is 192 g/mol. The maximum Gasteiger partial charge on any atom is 0.0562 e. The average molecular weight is 218 g/mol. The van der Waals surface area contributed by atoms with Crippen LogP contribution < -0.4 is 0 Å². The van der Waals surface area contributed by atoms with Gasteiger partial charge >= 0.3 is 0 Å². The second kappa shape index (κ2) is 8.08. The maximum atomic E-state index is 9.41. The first-order chi connectivity index (χ1) is 7.02. The van der Waals surface area contributed by atoms with Gasteiger partial charge in [0.05, 0.1) is 25.4 Å². The molecule has 0 fully saturated rings. The molecule has 2 N–H and O–H groups in total. The highest BCUT2D eigenvalue weighted by Crippen LogP contribution is 2.12. The van der Waals surface area contributed by atoms with Crippen molar-refractivity contribution in [2.45, 2.75) is 52.7 Å². The largest absolute Gasteiger partial charge is 0.393 e. The van der Waals surface area contributed by atoms with Crippen molar-refractivity contribution in [1.82, 2.24) is 0 Å². The number of aliphatic hydroxyl groups is 2. The smallest absolute Gasteiger partial charge is 0.0562 e. The van der Waals surface area contributed by atoms with Gasteiger partial charge in [0.15, 0.2) is 0 Å². The van der Waals surface area contributed by atoms with Gasteiger partial charge in [-0.05, 0) is 26.7 Å². The number of aliphatic hydroxyl groups excluding tert-OH is 2. The lowest BCUT2D eigenvalue weighted by atomic mass is 10.0. The first-order valence-corrected chi connectivity index (χ1v) is 5.96. The van der Waals surface area contributed by atoms with Crippen molar-refractivity contribution in [2.24, 2.45) is 11.8 Å².